The standard InChI is InChI=1S/C17H8N4O3/c18-9-11-2-1-3-13(6-11)17-8-15(20-24-17)14-5-4-12(10-19)7-16(14)21(22)23/h1-8H. The fourth-order valence-corrected chi connectivity index (χ4v) is 2.25. The lowest BCUT2D eigenvalue weighted by Crippen LogP contribution is -1.93. The van der Waals surface area contributed by atoms with Gasteiger partial charge in [0.15, 0.2) is 5.76 Å². The van der Waals surface area contributed by atoms with Gasteiger partial charge < -0.3 is 4.52 Å². The molecule has 24 heavy (non-hydrogen) atoms. The predicted octanol–water partition coefficient (Wildman–Crippen LogP) is 3.66. The van der Waals surface area contributed by atoms with Gasteiger partial charge in [-0.15, -0.1) is 0 Å². The normalized spacial score (nSPS) is 9.92. The minimum absolute atomic E-state index is 0.191. The number of benzene rings is 2. The van der Waals surface area contributed by atoms with Crippen LogP contribution in [0.3, 0.4) is 0 Å². The van der Waals surface area contributed by atoms with Gasteiger partial charge >= 0.3 is 0 Å². The van der Waals surface area contributed by atoms with E-state index >= 15 is 0 Å². The van der Waals surface area contributed by atoms with E-state index in [2.05, 4.69) is 5.16 Å². The summed E-state index contributed by atoms with van der Waals surface area (Å²) in [5.41, 5.74) is 1.61. The molecule has 0 spiro atoms. The van der Waals surface area contributed by atoms with Crippen molar-refractivity contribution in [3.8, 4) is 34.7 Å². The van der Waals surface area contributed by atoms with Crippen LogP contribution in [0.25, 0.3) is 22.6 Å². The number of rotatable bonds is 3. The first-order chi connectivity index (χ1) is 11.6. The number of nitrogens with zero attached hydrogens (tertiary/aromatic N) is 4. The van der Waals surface area contributed by atoms with E-state index in [1.807, 2.05) is 12.1 Å². The first-order valence-corrected chi connectivity index (χ1v) is 6.78. The van der Waals surface area contributed by atoms with Crippen LogP contribution in [0.2, 0.25) is 0 Å². The molecule has 0 unspecified atom stereocenters. The Morgan fingerprint density at radius 1 is 1.04 bits per heavy atom. The maximum atomic E-state index is 11.2. The summed E-state index contributed by atoms with van der Waals surface area (Å²) < 4.78 is 5.25. The van der Waals surface area contributed by atoms with Gasteiger partial charge in [-0.25, -0.2) is 0 Å². The summed E-state index contributed by atoms with van der Waals surface area (Å²) in [6.45, 7) is 0. The Kier molecular flexibility index (Phi) is 3.76. The lowest BCUT2D eigenvalue weighted by atomic mass is 10.0. The summed E-state index contributed by atoms with van der Waals surface area (Å²) in [6, 6.07) is 16.3. The van der Waals surface area contributed by atoms with Crippen molar-refractivity contribution >= 4 is 5.69 Å². The monoisotopic (exact) mass is 316 g/mol. The fourth-order valence-electron chi connectivity index (χ4n) is 2.25. The van der Waals surface area contributed by atoms with E-state index in [1.54, 1.807) is 30.3 Å². The van der Waals surface area contributed by atoms with Gasteiger partial charge in [-0.1, -0.05) is 17.3 Å². The Labute approximate surface area is 136 Å². The van der Waals surface area contributed by atoms with E-state index in [9.17, 15) is 10.1 Å². The second kappa shape index (κ2) is 6.03. The van der Waals surface area contributed by atoms with Gasteiger partial charge in [-0.3, -0.25) is 10.1 Å². The molecule has 2 aromatic carbocycles. The highest BCUT2D eigenvalue weighted by atomic mass is 16.6. The zero-order valence-corrected chi connectivity index (χ0v) is 12.1. The molecular formula is C17H8N4O3. The van der Waals surface area contributed by atoms with Gasteiger partial charge in [0.05, 0.1) is 33.8 Å². The van der Waals surface area contributed by atoms with E-state index < -0.39 is 4.92 Å². The third-order valence-electron chi connectivity index (χ3n) is 3.39. The van der Waals surface area contributed by atoms with Crippen LogP contribution in [0.1, 0.15) is 11.1 Å². The number of aromatic nitrogens is 1. The topological polar surface area (TPSA) is 117 Å². The molecule has 0 aliphatic carbocycles. The summed E-state index contributed by atoms with van der Waals surface area (Å²) in [4.78, 5) is 10.7. The molecule has 0 radical (unpaired) electrons. The van der Waals surface area contributed by atoms with Crippen LogP contribution in [0, 0.1) is 32.8 Å². The van der Waals surface area contributed by atoms with E-state index in [0.29, 0.717) is 16.9 Å². The van der Waals surface area contributed by atoms with Crippen LogP contribution < -0.4 is 0 Å². The largest absolute Gasteiger partial charge is 0.356 e. The van der Waals surface area contributed by atoms with Crippen molar-refractivity contribution in [3.63, 3.8) is 0 Å². The number of nitro groups is 1. The third kappa shape index (κ3) is 2.70. The van der Waals surface area contributed by atoms with Crippen molar-refractivity contribution in [2.75, 3.05) is 0 Å². The van der Waals surface area contributed by atoms with Crippen molar-refractivity contribution in [1.82, 2.24) is 5.16 Å². The molecule has 1 aromatic heterocycles. The molecule has 0 saturated heterocycles. The lowest BCUT2D eigenvalue weighted by molar-refractivity contribution is -0.384. The Bertz CT molecular complexity index is 1020. The average molecular weight is 316 g/mol. The van der Waals surface area contributed by atoms with Crippen LogP contribution >= 0.6 is 0 Å². The molecule has 0 saturated carbocycles. The summed E-state index contributed by atoms with van der Waals surface area (Å²) in [5, 5.41) is 32.9. The molecule has 0 fully saturated rings. The Morgan fingerprint density at radius 3 is 2.50 bits per heavy atom. The van der Waals surface area contributed by atoms with Gasteiger partial charge in [-0.05, 0) is 24.3 Å². The van der Waals surface area contributed by atoms with Crippen molar-refractivity contribution in [1.29, 1.82) is 10.5 Å². The smallest absolute Gasteiger partial charge is 0.280 e. The number of nitriles is 2. The number of hydrogen-bond donors (Lipinski definition) is 0. The first-order valence-electron chi connectivity index (χ1n) is 6.78. The van der Waals surface area contributed by atoms with Crippen LogP contribution in [0.15, 0.2) is 53.1 Å². The Morgan fingerprint density at radius 2 is 1.79 bits per heavy atom. The molecule has 114 valence electrons. The molecule has 0 aliphatic rings. The van der Waals surface area contributed by atoms with Crippen LogP contribution in [0.5, 0.6) is 0 Å². The van der Waals surface area contributed by atoms with E-state index in [1.165, 1.54) is 18.2 Å². The number of nitro benzene ring substituents is 1. The Balaban J connectivity index is 2.07. The summed E-state index contributed by atoms with van der Waals surface area (Å²) in [5.74, 6) is 0.390. The number of hydrogen-bond acceptors (Lipinski definition) is 6. The molecular weight excluding hydrogens is 308 g/mol. The molecule has 3 rings (SSSR count). The van der Waals surface area contributed by atoms with Crippen molar-refractivity contribution < 1.29 is 9.45 Å². The Hall–Kier alpha value is -3.97. The summed E-state index contributed by atoms with van der Waals surface area (Å²) in [7, 11) is 0. The van der Waals surface area contributed by atoms with Gasteiger partial charge in [0.25, 0.3) is 5.69 Å². The highest BCUT2D eigenvalue weighted by Crippen LogP contribution is 2.32. The predicted molar refractivity (Wildman–Crippen MR) is 83.5 cm³/mol. The highest BCUT2D eigenvalue weighted by Gasteiger charge is 2.20. The highest BCUT2D eigenvalue weighted by molar-refractivity contribution is 5.75. The molecule has 0 amide bonds. The van der Waals surface area contributed by atoms with Crippen LogP contribution in [-0.4, -0.2) is 10.1 Å². The molecule has 7 heteroatoms. The van der Waals surface area contributed by atoms with E-state index in [0.717, 1.165) is 0 Å². The molecule has 7 nitrogen and oxygen atoms in total. The van der Waals surface area contributed by atoms with Gasteiger partial charge in [-0.2, -0.15) is 10.5 Å². The second-order valence-corrected chi connectivity index (χ2v) is 4.87. The van der Waals surface area contributed by atoms with Gasteiger partial charge in [0.2, 0.25) is 0 Å². The minimum Gasteiger partial charge on any atom is -0.356 e. The molecule has 0 aliphatic heterocycles. The quantitative estimate of drug-likeness (QED) is 0.537. The van der Waals surface area contributed by atoms with E-state index in [4.69, 9.17) is 15.0 Å². The van der Waals surface area contributed by atoms with Crippen molar-refractivity contribution in [2.24, 2.45) is 0 Å². The van der Waals surface area contributed by atoms with Crippen molar-refractivity contribution in [3.05, 3.63) is 69.8 Å². The molecule has 3 aromatic rings. The lowest BCUT2D eigenvalue weighted by Gasteiger charge is -1.99. The molecule has 0 atom stereocenters. The third-order valence-corrected chi connectivity index (χ3v) is 3.39. The molecule has 1 heterocycles. The SMILES string of the molecule is N#Cc1cccc(-c2cc(-c3ccc(C#N)cc3[N+](=O)[O-])no2)c1. The molecule has 0 N–H and O–H groups in total. The minimum atomic E-state index is -0.569. The molecule has 0 bridgehead atoms. The van der Waals surface area contributed by atoms with E-state index in [-0.39, 0.29) is 22.5 Å². The summed E-state index contributed by atoms with van der Waals surface area (Å²) in [6.07, 6.45) is 0. The fraction of sp³-hybridized carbons (Fsp3) is 0. The first kappa shape index (κ1) is 14.9. The maximum Gasteiger partial charge on any atom is 0.280 e. The van der Waals surface area contributed by atoms with Gasteiger partial charge in [0.1, 0.15) is 5.69 Å². The van der Waals surface area contributed by atoms with Crippen molar-refractivity contribution in [2.45, 2.75) is 0 Å². The van der Waals surface area contributed by atoms with Crippen LogP contribution in [0.4, 0.5) is 5.69 Å². The second-order valence-electron chi connectivity index (χ2n) is 4.87. The maximum absolute atomic E-state index is 11.2. The average Bonchev–Trinajstić information content (AvgIpc) is 3.11. The van der Waals surface area contributed by atoms with Crippen LogP contribution in [-0.2, 0) is 0 Å². The summed E-state index contributed by atoms with van der Waals surface area (Å²) >= 11 is 0. The van der Waals surface area contributed by atoms with Gasteiger partial charge in [0, 0.05) is 17.7 Å². The zero-order chi connectivity index (χ0) is 17.1. The zero-order valence-electron chi connectivity index (χ0n) is 12.1.